The maximum atomic E-state index is 11.6. The monoisotopic (exact) mass is 271 g/mol. The Morgan fingerprint density at radius 2 is 2.17 bits per heavy atom. The van der Waals surface area contributed by atoms with Crippen LogP contribution < -0.4 is 11.1 Å². The highest BCUT2D eigenvalue weighted by atomic mass is 32.2. The predicted octanol–water partition coefficient (Wildman–Crippen LogP) is 0.551. The van der Waals surface area contributed by atoms with Crippen LogP contribution in [0, 0.1) is 0 Å². The Hall–Kier alpha value is -1.47. The number of nitrogens with zero attached hydrogens (tertiary/aromatic N) is 1. The van der Waals surface area contributed by atoms with Crippen molar-refractivity contribution in [2.75, 3.05) is 11.6 Å². The summed E-state index contributed by atoms with van der Waals surface area (Å²) in [6.45, 7) is 1.94. The van der Waals surface area contributed by atoms with Crippen molar-refractivity contribution < 1.29 is 13.2 Å². The lowest BCUT2D eigenvalue weighted by Crippen LogP contribution is -2.35. The summed E-state index contributed by atoms with van der Waals surface area (Å²) in [7, 11) is -3.32. The van der Waals surface area contributed by atoms with Crippen molar-refractivity contribution in [2.24, 2.45) is 5.73 Å². The van der Waals surface area contributed by atoms with Crippen molar-refractivity contribution >= 4 is 21.4 Å². The molecule has 0 saturated carbocycles. The molecule has 100 valence electrons. The zero-order chi connectivity index (χ0) is 13.8. The molecule has 1 rings (SSSR count). The standard InChI is InChI=1S/C11H17N3O3S/c1-3-4-9(12)11(15)14-8-5-6-10(13-7-8)18(2,16)17/h5-7,9H,3-4,12H2,1-2H3,(H,14,15)/t9-/m0/s1. The third-order valence-corrected chi connectivity index (χ3v) is 3.32. The minimum absolute atomic E-state index is 0.0293. The van der Waals surface area contributed by atoms with Crippen LogP contribution in [0.5, 0.6) is 0 Å². The van der Waals surface area contributed by atoms with E-state index in [2.05, 4.69) is 10.3 Å². The summed E-state index contributed by atoms with van der Waals surface area (Å²) in [6, 6.07) is 2.26. The fraction of sp³-hybridized carbons (Fsp3) is 0.455. The number of nitrogens with two attached hydrogens (primary N) is 1. The van der Waals surface area contributed by atoms with E-state index in [1.807, 2.05) is 6.92 Å². The molecule has 0 unspecified atom stereocenters. The SMILES string of the molecule is CCC[C@H](N)C(=O)Nc1ccc(S(C)(=O)=O)nc1. The zero-order valence-corrected chi connectivity index (χ0v) is 11.2. The van der Waals surface area contributed by atoms with Gasteiger partial charge in [0.25, 0.3) is 0 Å². The van der Waals surface area contributed by atoms with Gasteiger partial charge in [-0.25, -0.2) is 13.4 Å². The Balaban J connectivity index is 2.73. The summed E-state index contributed by atoms with van der Waals surface area (Å²) in [5, 5.41) is 2.55. The van der Waals surface area contributed by atoms with Crippen LogP contribution in [-0.2, 0) is 14.6 Å². The molecule has 7 heteroatoms. The number of rotatable bonds is 5. The summed E-state index contributed by atoms with van der Waals surface area (Å²) in [4.78, 5) is 15.4. The van der Waals surface area contributed by atoms with Gasteiger partial charge in [0, 0.05) is 6.26 Å². The second-order valence-corrected chi connectivity index (χ2v) is 6.00. The second-order valence-electron chi connectivity index (χ2n) is 4.04. The van der Waals surface area contributed by atoms with Gasteiger partial charge >= 0.3 is 0 Å². The minimum Gasteiger partial charge on any atom is -0.323 e. The number of amides is 1. The molecule has 3 N–H and O–H groups in total. The highest BCUT2D eigenvalue weighted by Gasteiger charge is 2.13. The highest BCUT2D eigenvalue weighted by Crippen LogP contribution is 2.10. The van der Waals surface area contributed by atoms with Crippen molar-refractivity contribution in [2.45, 2.75) is 30.8 Å². The first-order valence-corrected chi connectivity index (χ1v) is 7.46. The molecule has 0 saturated heterocycles. The number of anilines is 1. The van der Waals surface area contributed by atoms with Gasteiger partial charge in [-0.05, 0) is 18.6 Å². The molecule has 0 bridgehead atoms. The third kappa shape index (κ3) is 4.08. The van der Waals surface area contributed by atoms with Crippen molar-refractivity contribution in [3.05, 3.63) is 18.3 Å². The van der Waals surface area contributed by atoms with Crippen molar-refractivity contribution in [1.29, 1.82) is 0 Å². The fourth-order valence-electron chi connectivity index (χ4n) is 1.35. The van der Waals surface area contributed by atoms with E-state index in [-0.39, 0.29) is 10.9 Å². The number of aromatic nitrogens is 1. The predicted molar refractivity (Wildman–Crippen MR) is 68.9 cm³/mol. The molecule has 0 aliphatic carbocycles. The molecule has 0 fully saturated rings. The first-order chi connectivity index (χ1) is 8.34. The lowest BCUT2D eigenvalue weighted by Gasteiger charge is -2.10. The number of carbonyl (C=O) groups is 1. The maximum absolute atomic E-state index is 11.6. The number of hydrogen-bond acceptors (Lipinski definition) is 5. The first kappa shape index (κ1) is 14.6. The molecule has 0 radical (unpaired) electrons. The van der Waals surface area contributed by atoms with E-state index in [0.717, 1.165) is 12.7 Å². The van der Waals surface area contributed by atoms with Crippen LogP contribution in [0.1, 0.15) is 19.8 Å². The van der Waals surface area contributed by atoms with E-state index in [1.54, 1.807) is 0 Å². The molecule has 1 aromatic rings. The van der Waals surface area contributed by atoms with Gasteiger partial charge in [-0.15, -0.1) is 0 Å². The molecule has 0 aliphatic heterocycles. The molecule has 0 aliphatic rings. The molecule has 0 spiro atoms. The van der Waals surface area contributed by atoms with Crippen LogP contribution in [0.2, 0.25) is 0 Å². The van der Waals surface area contributed by atoms with E-state index >= 15 is 0 Å². The minimum atomic E-state index is -3.32. The average Bonchev–Trinajstić information content (AvgIpc) is 2.28. The lowest BCUT2D eigenvalue weighted by atomic mass is 10.1. The largest absolute Gasteiger partial charge is 0.323 e. The average molecular weight is 271 g/mol. The summed E-state index contributed by atoms with van der Waals surface area (Å²) >= 11 is 0. The maximum Gasteiger partial charge on any atom is 0.241 e. The van der Waals surface area contributed by atoms with Gasteiger partial charge in [0.05, 0.1) is 17.9 Å². The smallest absolute Gasteiger partial charge is 0.241 e. The topological polar surface area (TPSA) is 102 Å². The molecular formula is C11H17N3O3S. The molecule has 1 amide bonds. The Kier molecular flexibility index (Phi) is 4.80. The number of sulfone groups is 1. The van der Waals surface area contributed by atoms with E-state index in [9.17, 15) is 13.2 Å². The van der Waals surface area contributed by atoms with Gasteiger partial charge in [0.1, 0.15) is 0 Å². The second kappa shape index (κ2) is 5.92. The molecule has 6 nitrogen and oxygen atoms in total. The molecule has 0 aromatic carbocycles. The number of carbonyl (C=O) groups excluding carboxylic acids is 1. The van der Waals surface area contributed by atoms with Gasteiger partial charge in [-0.1, -0.05) is 13.3 Å². The van der Waals surface area contributed by atoms with E-state index < -0.39 is 15.9 Å². The highest BCUT2D eigenvalue weighted by molar-refractivity contribution is 7.90. The van der Waals surface area contributed by atoms with Gasteiger partial charge in [0.2, 0.25) is 5.91 Å². The Morgan fingerprint density at radius 3 is 2.61 bits per heavy atom. The van der Waals surface area contributed by atoms with E-state index in [1.165, 1.54) is 18.3 Å². The fourth-order valence-corrected chi connectivity index (χ4v) is 1.91. The van der Waals surface area contributed by atoms with Crippen LogP contribution in [-0.4, -0.2) is 31.6 Å². The van der Waals surface area contributed by atoms with Crippen molar-refractivity contribution in [3.8, 4) is 0 Å². The summed E-state index contributed by atoms with van der Waals surface area (Å²) in [6.07, 6.45) is 3.79. The number of hydrogen-bond donors (Lipinski definition) is 2. The first-order valence-electron chi connectivity index (χ1n) is 5.57. The van der Waals surface area contributed by atoms with Gasteiger partial charge < -0.3 is 11.1 Å². The lowest BCUT2D eigenvalue weighted by molar-refractivity contribution is -0.117. The van der Waals surface area contributed by atoms with Gasteiger partial charge in [-0.3, -0.25) is 4.79 Å². The van der Waals surface area contributed by atoms with Crippen LogP contribution in [0.25, 0.3) is 0 Å². The Bertz CT molecular complexity index is 511. The van der Waals surface area contributed by atoms with Crippen LogP contribution >= 0.6 is 0 Å². The normalized spacial score (nSPS) is 13.1. The Labute approximate surface area is 107 Å². The van der Waals surface area contributed by atoms with Gasteiger partial charge in [-0.2, -0.15) is 0 Å². The Morgan fingerprint density at radius 1 is 1.50 bits per heavy atom. The van der Waals surface area contributed by atoms with Crippen LogP contribution in [0.4, 0.5) is 5.69 Å². The zero-order valence-electron chi connectivity index (χ0n) is 10.4. The molecule has 1 heterocycles. The van der Waals surface area contributed by atoms with E-state index in [4.69, 9.17) is 5.73 Å². The summed E-state index contributed by atoms with van der Waals surface area (Å²) in [5.41, 5.74) is 6.08. The quantitative estimate of drug-likeness (QED) is 0.814. The molecule has 1 aromatic heterocycles. The number of pyridine rings is 1. The van der Waals surface area contributed by atoms with Crippen molar-refractivity contribution in [1.82, 2.24) is 4.98 Å². The molecule has 18 heavy (non-hydrogen) atoms. The van der Waals surface area contributed by atoms with Crippen LogP contribution in [0.3, 0.4) is 0 Å². The van der Waals surface area contributed by atoms with Crippen LogP contribution in [0.15, 0.2) is 23.4 Å². The van der Waals surface area contributed by atoms with Gasteiger partial charge in [0.15, 0.2) is 14.9 Å². The van der Waals surface area contributed by atoms with E-state index in [0.29, 0.717) is 12.1 Å². The molecule has 1 atom stereocenters. The number of nitrogens with one attached hydrogen (secondary N) is 1. The summed E-state index contributed by atoms with van der Waals surface area (Å²) in [5.74, 6) is -0.300. The third-order valence-electron chi connectivity index (χ3n) is 2.32. The molecular weight excluding hydrogens is 254 g/mol. The summed E-state index contributed by atoms with van der Waals surface area (Å²) < 4.78 is 22.4. The van der Waals surface area contributed by atoms with Crippen molar-refractivity contribution in [3.63, 3.8) is 0 Å².